The molecule has 2 aromatic rings. The molecule has 0 aliphatic heterocycles. The van der Waals surface area contributed by atoms with E-state index in [4.69, 9.17) is 9.47 Å². The molecule has 0 unspecified atom stereocenters. The highest BCUT2D eigenvalue weighted by Gasteiger charge is 2.25. The first-order valence-electron chi connectivity index (χ1n) is 8.61. The monoisotopic (exact) mass is 356 g/mol. The minimum Gasteiger partial charge on any atom is -0.497 e. The maximum absolute atomic E-state index is 11.3. The highest BCUT2D eigenvalue weighted by Crippen LogP contribution is 2.34. The fourth-order valence-corrected chi connectivity index (χ4v) is 4.45. The van der Waals surface area contributed by atoms with Crippen LogP contribution in [0.25, 0.3) is 0 Å². The largest absolute Gasteiger partial charge is 0.497 e. The topological polar surface area (TPSA) is 35.5 Å². The van der Waals surface area contributed by atoms with Crippen LogP contribution in [0.5, 0.6) is 11.5 Å². The number of esters is 1. The van der Waals surface area contributed by atoms with Crippen molar-refractivity contribution in [2.24, 2.45) is 0 Å². The Morgan fingerprint density at radius 1 is 1.04 bits per heavy atom. The summed E-state index contributed by atoms with van der Waals surface area (Å²) < 4.78 is 11.5. The van der Waals surface area contributed by atoms with E-state index in [1.165, 1.54) is 12.1 Å². The van der Waals surface area contributed by atoms with Crippen LogP contribution in [0.2, 0.25) is 13.1 Å². The number of hydrogen-bond donors (Lipinski definition) is 0. The number of benzene rings is 2. The molecule has 0 saturated carbocycles. The molecule has 0 radical (unpaired) electrons. The zero-order valence-corrected chi connectivity index (χ0v) is 17.1. The second kappa shape index (κ2) is 7.44. The van der Waals surface area contributed by atoms with Gasteiger partial charge in [-0.15, -0.1) is 0 Å². The molecular weight excluding hydrogens is 328 g/mol. The second-order valence-electron chi connectivity index (χ2n) is 8.04. The number of ether oxygens (including phenoxy) is 2. The van der Waals surface area contributed by atoms with Gasteiger partial charge in [-0.2, -0.15) is 0 Å². The van der Waals surface area contributed by atoms with Crippen LogP contribution in [0.4, 0.5) is 0 Å². The van der Waals surface area contributed by atoms with Gasteiger partial charge in [-0.05, 0) is 23.6 Å². The van der Waals surface area contributed by atoms with Crippen LogP contribution < -0.4 is 14.7 Å². The van der Waals surface area contributed by atoms with Gasteiger partial charge in [0.15, 0.2) is 0 Å². The summed E-state index contributed by atoms with van der Waals surface area (Å²) >= 11 is 0. The first-order chi connectivity index (χ1) is 11.6. The van der Waals surface area contributed by atoms with Crippen molar-refractivity contribution in [2.75, 3.05) is 6.23 Å². The molecule has 0 fully saturated rings. The first-order valence-corrected chi connectivity index (χ1v) is 11.8. The van der Waals surface area contributed by atoms with Crippen LogP contribution in [0.15, 0.2) is 48.5 Å². The third kappa shape index (κ3) is 5.20. The number of hydrogen-bond acceptors (Lipinski definition) is 3. The Balaban J connectivity index is 2.21. The minimum atomic E-state index is -1.67. The third-order valence-electron chi connectivity index (χ3n) is 4.17. The van der Waals surface area contributed by atoms with E-state index in [-0.39, 0.29) is 11.4 Å². The lowest BCUT2D eigenvalue weighted by molar-refractivity contribution is -0.131. The molecule has 0 saturated heterocycles. The average Bonchev–Trinajstić information content (AvgIpc) is 2.53. The van der Waals surface area contributed by atoms with E-state index in [1.807, 2.05) is 24.3 Å². The molecule has 134 valence electrons. The van der Waals surface area contributed by atoms with Gasteiger partial charge in [-0.3, -0.25) is 4.79 Å². The van der Waals surface area contributed by atoms with Crippen molar-refractivity contribution in [3.05, 3.63) is 54.1 Å². The van der Waals surface area contributed by atoms with Gasteiger partial charge in [0.25, 0.3) is 0 Å². The van der Waals surface area contributed by atoms with Gasteiger partial charge in [0, 0.05) is 12.5 Å². The molecule has 0 heterocycles. The molecule has 0 bridgehead atoms. The minimum absolute atomic E-state index is 0.142. The van der Waals surface area contributed by atoms with Crippen LogP contribution in [0.3, 0.4) is 0 Å². The summed E-state index contributed by atoms with van der Waals surface area (Å²) in [4.78, 5) is 11.3. The molecule has 3 nitrogen and oxygen atoms in total. The molecule has 0 atom stereocenters. The van der Waals surface area contributed by atoms with Gasteiger partial charge in [0.1, 0.15) is 19.6 Å². The van der Waals surface area contributed by atoms with Gasteiger partial charge in [0.05, 0.1) is 6.23 Å². The van der Waals surface area contributed by atoms with Crippen molar-refractivity contribution in [3.63, 3.8) is 0 Å². The predicted octanol–water partition coefficient (Wildman–Crippen LogP) is 4.44. The van der Waals surface area contributed by atoms with E-state index in [1.54, 1.807) is 0 Å². The molecule has 25 heavy (non-hydrogen) atoms. The van der Waals surface area contributed by atoms with E-state index in [2.05, 4.69) is 58.1 Å². The highest BCUT2D eigenvalue weighted by molar-refractivity contribution is 6.89. The lowest BCUT2D eigenvalue weighted by Gasteiger charge is -2.25. The van der Waals surface area contributed by atoms with Crippen LogP contribution in [0.1, 0.15) is 33.3 Å². The highest BCUT2D eigenvalue weighted by atomic mass is 28.3. The SMILES string of the molecule is CC(=O)Oc1ccc(OC[Si](C)(C)c2ccccc2)cc1C(C)(C)C. The summed E-state index contributed by atoms with van der Waals surface area (Å²) in [7, 11) is -1.67. The summed E-state index contributed by atoms with van der Waals surface area (Å²) in [5, 5.41) is 1.38. The summed E-state index contributed by atoms with van der Waals surface area (Å²) in [5.41, 5.74) is 0.829. The van der Waals surface area contributed by atoms with Crippen molar-refractivity contribution in [3.8, 4) is 11.5 Å². The number of carbonyl (C=O) groups is 1. The van der Waals surface area contributed by atoms with Crippen molar-refractivity contribution in [1.82, 2.24) is 0 Å². The lowest BCUT2D eigenvalue weighted by atomic mass is 9.86. The van der Waals surface area contributed by atoms with E-state index in [0.717, 1.165) is 11.3 Å². The zero-order chi connectivity index (χ0) is 18.7. The first kappa shape index (κ1) is 19.3. The third-order valence-corrected chi connectivity index (χ3v) is 6.93. The molecule has 0 amide bonds. The molecule has 0 aliphatic carbocycles. The number of carbonyl (C=O) groups excluding carboxylic acids is 1. The van der Waals surface area contributed by atoms with Crippen LogP contribution >= 0.6 is 0 Å². The Morgan fingerprint density at radius 2 is 1.68 bits per heavy atom. The van der Waals surface area contributed by atoms with E-state index >= 15 is 0 Å². The summed E-state index contributed by atoms with van der Waals surface area (Å²) in [5.74, 6) is 1.11. The molecule has 0 aliphatic rings. The van der Waals surface area contributed by atoms with Gasteiger partial charge in [-0.25, -0.2) is 0 Å². The second-order valence-corrected chi connectivity index (χ2v) is 12.7. The fourth-order valence-electron chi connectivity index (χ4n) is 2.67. The Labute approximate surface area is 152 Å². The Hall–Kier alpha value is -2.07. The van der Waals surface area contributed by atoms with Crippen LogP contribution in [0, 0.1) is 0 Å². The van der Waals surface area contributed by atoms with Crippen molar-refractivity contribution >= 4 is 19.2 Å². The molecule has 2 aromatic carbocycles. The summed E-state index contributed by atoms with van der Waals surface area (Å²) in [6.45, 7) is 12.3. The standard InChI is InChI=1S/C21H28O3Si/c1-16(22)24-20-13-12-17(14-19(20)21(2,3)4)23-15-25(5,6)18-10-8-7-9-11-18/h7-14H,15H2,1-6H3. The molecule has 0 spiro atoms. The van der Waals surface area contributed by atoms with Gasteiger partial charge in [0.2, 0.25) is 0 Å². The summed E-state index contributed by atoms with van der Waals surface area (Å²) in [6.07, 6.45) is 0.702. The van der Waals surface area contributed by atoms with Gasteiger partial charge >= 0.3 is 5.97 Å². The maximum Gasteiger partial charge on any atom is 0.308 e. The summed E-state index contributed by atoms with van der Waals surface area (Å²) in [6, 6.07) is 16.3. The normalized spacial score (nSPS) is 11.9. The Bertz CT molecular complexity index is 731. The average molecular weight is 357 g/mol. The zero-order valence-electron chi connectivity index (χ0n) is 16.1. The molecule has 0 aromatic heterocycles. The Kier molecular flexibility index (Phi) is 5.73. The molecular formula is C21H28O3Si. The van der Waals surface area contributed by atoms with E-state index < -0.39 is 8.07 Å². The maximum atomic E-state index is 11.3. The lowest BCUT2D eigenvalue weighted by Crippen LogP contribution is -2.47. The Morgan fingerprint density at radius 3 is 2.24 bits per heavy atom. The molecule has 0 N–H and O–H groups in total. The van der Waals surface area contributed by atoms with Crippen molar-refractivity contribution in [2.45, 2.75) is 46.2 Å². The quantitative estimate of drug-likeness (QED) is 0.451. The van der Waals surface area contributed by atoms with Crippen molar-refractivity contribution in [1.29, 1.82) is 0 Å². The number of rotatable bonds is 5. The van der Waals surface area contributed by atoms with Crippen LogP contribution in [-0.2, 0) is 10.2 Å². The van der Waals surface area contributed by atoms with E-state index in [9.17, 15) is 4.79 Å². The smallest absolute Gasteiger partial charge is 0.308 e. The predicted molar refractivity (Wildman–Crippen MR) is 106 cm³/mol. The van der Waals surface area contributed by atoms with Crippen molar-refractivity contribution < 1.29 is 14.3 Å². The molecule has 2 rings (SSSR count). The van der Waals surface area contributed by atoms with E-state index in [0.29, 0.717) is 12.0 Å². The molecule has 4 heteroatoms. The fraction of sp³-hybridized carbons (Fsp3) is 0.381. The van der Waals surface area contributed by atoms with Gasteiger partial charge in [-0.1, -0.05) is 69.4 Å². The van der Waals surface area contributed by atoms with Crippen LogP contribution in [-0.4, -0.2) is 20.3 Å². The van der Waals surface area contributed by atoms with Gasteiger partial charge < -0.3 is 9.47 Å².